The fourth-order valence-electron chi connectivity index (χ4n) is 0.688. The number of aliphatic imine (C=N–C) groups is 1. The van der Waals surface area contributed by atoms with Gasteiger partial charge < -0.3 is 4.90 Å². The number of rotatable bonds is 0. The summed E-state index contributed by atoms with van der Waals surface area (Å²) >= 11 is 0. The maximum atomic E-state index is 3.85. The number of nitrogens with zero attached hydrogens (tertiary/aromatic N) is 2. The van der Waals surface area contributed by atoms with Gasteiger partial charge in [0.15, 0.2) is 6.34 Å². The molecule has 0 N–H and O–H groups in total. The molecule has 0 unspecified atom stereocenters. The van der Waals surface area contributed by atoms with Gasteiger partial charge >= 0.3 is 0 Å². The van der Waals surface area contributed by atoms with Crippen LogP contribution in [0.3, 0.4) is 0 Å². The van der Waals surface area contributed by atoms with Crippen LogP contribution in [-0.4, -0.2) is 24.8 Å². The van der Waals surface area contributed by atoms with Gasteiger partial charge in [-0.3, -0.25) is 0 Å². The Kier molecular flexibility index (Phi) is 1.33. The van der Waals surface area contributed by atoms with E-state index >= 15 is 0 Å². The summed E-state index contributed by atoms with van der Waals surface area (Å²) in [6, 6.07) is 0. The molecular formula is C6H9N2. The minimum Gasteiger partial charge on any atom is -0.353 e. The van der Waals surface area contributed by atoms with E-state index in [1.54, 1.807) is 0 Å². The summed E-state index contributed by atoms with van der Waals surface area (Å²) in [5, 5.41) is 0. The van der Waals surface area contributed by atoms with E-state index in [9.17, 15) is 0 Å². The largest absolute Gasteiger partial charge is 0.353 e. The molecule has 1 heterocycles. The lowest BCUT2D eigenvalue weighted by Crippen LogP contribution is -2.20. The van der Waals surface area contributed by atoms with Crippen molar-refractivity contribution in [3.63, 3.8) is 0 Å². The van der Waals surface area contributed by atoms with Crippen molar-refractivity contribution in [2.24, 2.45) is 4.99 Å². The molecule has 0 atom stereocenters. The molecule has 1 rings (SSSR count). The Hall–Kier alpha value is -0.790. The highest BCUT2D eigenvalue weighted by Gasteiger charge is 1.97. The van der Waals surface area contributed by atoms with Crippen molar-refractivity contribution in [1.29, 1.82) is 0 Å². The number of hydrogen-bond acceptors (Lipinski definition) is 2. The first-order valence-electron chi connectivity index (χ1n) is 2.61. The SMILES string of the molecule is CC1=CN=[C]N(C)C1. The van der Waals surface area contributed by atoms with Gasteiger partial charge in [0.25, 0.3) is 0 Å². The van der Waals surface area contributed by atoms with Gasteiger partial charge in [0.05, 0.1) is 0 Å². The quantitative estimate of drug-likeness (QED) is 0.448. The van der Waals surface area contributed by atoms with Gasteiger partial charge in [-0.15, -0.1) is 0 Å². The van der Waals surface area contributed by atoms with Crippen LogP contribution in [0.15, 0.2) is 16.8 Å². The van der Waals surface area contributed by atoms with Crippen LogP contribution in [0.4, 0.5) is 0 Å². The van der Waals surface area contributed by atoms with E-state index in [0.717, 1.165) is 6.54 Å². The van der Waals surface area contributed by atoms with Crippen LogP contribution < -0.4 is 0 Å². The topological polar surface area (TPSA) is 15.6 Å². The summed E-state index contributed by atoms with van der Waals surface area (Å²) in [6.45, 7) is 3.02. The minimum atomic E-state index is 0.962. The van der Waals surface area contributed by atoms with Gasteiger partial charge in [0.2, 0.25) is 0 Å². The summed E-state index contributed by atoms with van der Waals surface area (Å²) in [5.74, 6) is 0. The second kappa shape index (κ2) is 1.99. The van der Waals surface area contributed by atoms with Crippen LogP contribution in [0.25, 0.3) is 0 Å². The molecule has 1 radical (unpaired) electrons. The molecule has 0 aromatic rings. The second-order valence-corrected chi connectivity index (χ2v) is 2.06. The molecule has 2 nitrogen and oxygen atoms in total. The average Bonchev–Trinajstić information content (AvgIpc) is 1.64. The Morgan fingerprint density at radius 1 is 1.88 bits per heavy atom. The molecule has 0 saturated heterocycles. The lowest BCUT2D eigenvalue weighted by molar-refractivity contribution is 0.557. The standard InChI is InChI=1S/C6H9N2/c1-6-3-7-5-8(2)4-6/h3H,4H2,1-2H3. The maximum Gasteiger partial charge on any atom is 0.171 e. The third-order valence-corrected chi connectivity index (χ3v) is 1.000. The Bertz CT molecular complexity index is 135. The van der Waals surface area contributed by atoms with E-state index in [0.29, 0.717) is 0 Å². The van der Waals surface area contributed by atoms with Gasteiger partial charge in [-0.2, -0.15) is 0 Å². The molecular weight excluding hydrogens is 100 g/mol. The van der Waals surface area contributed by atoms with E-state index in [1.165, 1.54) is 5.57 Å². The molecule has 0 amide bonds. The van der Waals surface area contributed by atoms with Crippen molar-refractivity contribution in [2.45, 2.75) is 6.92 Å². The van der Waals surface area contributed by atoms with Gasteiger partial charge in [0.1, 0.15) is 0 Å². The molecule has 0 aromatic heterocycles. The zero-order valence-electron chi connectivity index (χ0n) is 5.18. The van der Waals surface area contributed by atoms with Crippen molar-refractivity contribution in [3.8, 4) is 0 Å². The van der Waals surface area contributed by atoms with Gasteiger partial charge in [-0.25, -0.2) is 4.99 Å². The van der Waals surface area contributed by atoms with E-state index in [4.69, 9.17) is 0 Å². The Morgan fingerprint density at radius 2 is 2.62 bits per heavy atom. The summed E-state index contributed by atoms with van der Waals surface area (Å²) < 4.78 is 0. The molecule has 1 aliphatic rings. The van der Waals surface area contributed by atoms with E-state index in [1.807, 2.05) is 18.1 Å². The molecule has 0 aliphatic carbocycles. The third kappa shape index (κ3) is 1.09. The van der Waals surface area contributed by atoms with Gasteiger partial charge in [-0.05, 0) is 12.5 Å². The maximum absolute atomic E-state index is 3.85. The number of likely N-dealkylation sites (N-methyl/N-ethyl adjacent to an activating group) is 1. The molecule has 0 spiro atoms. The van der Waals surface area contributed by atoms with Crippen molar-refractivity contribution in [2.75, 3.05) is 13.6 Å². The van der Waals surface area contributed by atoms with E-state index in [2.05, 4.69) is 18.3 Å². The monoisotopic (exact) mass is 109 g/mol. The first-order valence-corrected chi connectivity index (χ1v) is 2.61. The van der Waals surface area contributed by atoms with Crippen LogP contribution in [0.5, 0.6) is 0 Å². The summed E-state index contributed by atoms with van der Waals surface area (Å²) in [5.41, 5.74) is 1.28. The van der Waals surface area contributed by atoms with Crippen molar-refractivity contribution >= 4 is 6.34 Å². The van der Waals surface area contributed by atoms with E-state index in [-0.39, 0.29) is 0 Å². The lowest BCUT2D eigenvalue weighted by atomic mass is 10.3. The zero-order valence-corrected chi connectivity index (χ0v) is 5.18. The predicted molar refractivity (Wildman–Crippen MR) is 33.8 cm³/mol. The van der Waals surface area contributed by atoms with Gasteiger partial charge in [-0.1, -0.05) is 0 Å². The second-order valence-electron chi connectivity index (χ2n) is 2.06. The minimum absolute atomic E-state index is 0.962. The molecule has 8 heavy (non-hydrogen) atoms. The van der Waals surface area contributed by atoms with Crippen LogP contribution in [-0.2, 0) is 0 Å². The summed E-state index contributed by atoms with van der Waals surface area (Å²) in [6.07, 6.45) is 4.63. The Labute approximate surface area is 49.5 Å². The molecule has 0 saturated carbocycles. The highest BCUT2D eigenvalue weighted by atomic mass is 15.1. The molecule has 2 heteroatoms. The van der Waals surface area contributed by atoms with Gasteiger partial charge in [0, 0.05) is 19.8 Å². The van der Waals surface area contributed by atoms with Crippen molar-refractivity contribution < 1.29 is 0 Å². The Balaban J connectivity index is 2.59. The van der Waals surface area contributed by atoms with Crippen LogP contribution in [0, 0.1) is 0 Å². The first-order chi connectivity index (χ1) is 3.79. The number of hydrogen-bond donors (Lipinski definition) is 0. The van der Waals surface area contributed by atoms with Crippen molar-refractivity contribution in [1.82, 2.24) is 4.90 Å². The van der Waals surface area contributed by atoms with Crippen LogP contribution in [0.1, 0.15) is 6.92 Å². The Morgan fingerprint density at radius 3 is 3.00 bits per heavy atom. The summed E-state index contributed by atoms with van der Waals surface area (Å²) in [7, 11) is 1.96. The van der Waals surface area contributed by atoms with Crippen LogP contribution in [0.2, 0.25) is 0 Å². The van der Waals surface area contributed by atoms with Crippen LogP contribution >= 0.6 is 0 Å². The first kappa shape index (κ1) is 5.35. The highest BCUT2D eigenvalue weighted by Crippen LogP contribution is 1.98. The third-order valence-electron chi connectivity index (χ3n) is 1.000. The molecule has 1 aliphatic heterocycles. The van der Waals surface area contributed by atoms with Crippen molar-refractivity contribution in [3.05, 3.63) is 11.8 Å². The highest BCUT2D eigenvalue weighted by molar-refractivity contribution is 5.57. The molecule has 0 aromatic carbocycles. The fourth-order valence-corrected chi connectivity index (χ4v) is 0.688. The predicted octanol–water partition coefficient (Wildman–Crippen LogP) is 0.741. The lowest BCUT2D eigenvalue weighted by Gasteiger charge is -2.13. The molecule has 43 valence electrons. The fraction of sp³-hybridized carbons (Fsp3) is 0.500. The van der Waals surface area contributed by atoms with E-state index < -0.39 is 0 Å². The molecule has 0 fully saturated rings. The zero-order chi connectivity index (χ0) is 5.98. The molecule has 0 bridgehead atoms. The average molecular weight is 109 g/mol. The normalized spacial score (nSPS) is 18.8. The summed E-state index contributed by atoms with van der Waals surface area (Å²) in [4.78, 5) is 5.78. The smallest absolute Gasteiger partial charge is 0.171 e.